The first kappa shape index (κ1) is 19.2. The van der Waals surface area contributed by atoms with Crippen molar-refractivity contribution in [2.45, 2.75) is 11.3 Å². The van der Waals surface area contributed by atoms with Crippen molar-refractivity contribution in [1.29, 1.82) is 0 Å². The minimum Gasteiger partial charge on any atom is -0.308 e. The summed E-state index contributed by atoms with van der Waals surface area (Å²) in [5.41, 5.74) is 1.89. The molecule has 1 aliphatic heterocycles. The fourth-order valence-corrected chi connectivity index (χ4v) is 5.13. The molecular weight excluding hydrogens is 441 g/mol. The molecular formula is C18H13Cl2N3O3S2. The number of thiazole rings is 1. The Morgan fingerprint density at radius 2 is 1.96 bits per heavy atom. The third-order valence-electron chi connectivity index (χ3n) is 4.32. The van der Waals surface area contributed by atoms with Crippen molar-refractivity contribution >= 4 is 61.3 Å². The third-order valence-corrected chi connectivity index (χ3v) is 7.22. The van der Waals surface area contributed by atoms with Crippen LogP contribution in [0.2, 0.25) is 10.0 Å². The molecule has 2 heterocycles. The average Bonchev–Trinajstić information content (AvgIpc) is 3.32. The number of aromatic nitrogens is 1. The number of hydrogen-bond donors (Lipinski definition) is 1. The lowest BCUT2D eigenvalue weighted by Crippen LogP contribution is -2.28. The fraction of sp³-hybridized carbons (Fsp3) is 0.111. The highest BCUT2D eigenvalue weighted by Crippen LogP contribution is 2.33. The molecule has 1 amide bonds. The standard InChI is InChI=1S/C18H13Cl2N3O3S2/c19-14-3-1-12(10-15(14)20)17(24)23-7-5-11-9-13(2-4-16(11)23)28(25,26)22-18-21-6-8-27-18/h1-4,6,8-10H,5,7H2,(H,21,22). The number of benzene rings is 2. The second-order valence-electron chi connectivity index (χ2n) is 6.07. The van der Waals surface area contributed by atoms with Crippen LogP contribution in [-0.4, -0.2) is 25.9 Å². The van der Waals surface area contributed by atoms with Gasteiger partial charge in [0.2, 0.25) is 0 Å². The molecule has 0 saturated heterocycles. The van der Waals surface area contributed by atoms with Gasteiger partial charge in [-0.3, -0.25) is 9.52 Å². The lowest BCUT2D eigenvalue weighted by atomic mass is 10.1. The Morgan fingerprint density at radius 3 is 2.68 bits per heavy atom. The Balaban J connectivity index is 1.61. The van der Waals surface area contributed by atoms with Crippen LogP contribution in [0.1, 0.15) is 15.9 Å². The summed E-state index contributed by atoms with van der Waals surface area (Å²) in [5, 5.41) is 2.67. The summed E-state index contributed by atoms with van der Waals surface area (Å²) in [6.07, 6.45) is 2.08. The monoisotopic (exact) mass is 453 g/mol. The highest BCUT2D eigenvalue weighted by Gasteiger charge is 2.28. The Kier molecular flexibility index (Phi) is 5.05. The van der Waals surface area contributed by atoms with Crippen LogP contribution in [0, 0.1) is 0 Å². The van der Waals surface area contributed by atoms with Crippen LogP contribution in [-0.2, 0) is 16.4 Å². The zero-order valence-corrected chi connectivity index (χ0v) is 17.4. The molecule has 6 nitrogen and oxygen atoms in total. The first-order valence-corrected chi connectivity index (χ1v) is 11.3. The molecule has 4 rings (SSSR count). The van der Waals surface area contributed by atoms with Gasteiger partial charge >= 0.3 is 0 Å². The topological polar surface area (TPSA) is 79.4 Å². The molecule has 10 heteroatoms. The number of nitrogens with zero attached hydrogens (tertiary/aromatic N) is 2. The van der Waals surface area contributed by atoms with Crippen LogP contribution in [0.4, 0.5) is 10.8 Å². The summed E-state index contributed by atoms with van der Waals surface area (Å²) in [6, 6.07) is 9.44. The van der Waals surface area contributed by atoms with E-state index in [4.69, 9.17) is 23.2 Å². The van der Waals surface area contributed by atoms with Crippen molar-refractivity contribution in [2.75, 3.05) is 16.2 Å². The summed E-state index contributed by atoms with van der Waals surface area (Å²) >= 11 is 13.1. The van der Waals surface area contributed by atoms with Gasteiger partial charge < -0.3 is 4.90 Å². The molecule has 1 aliphatic rings. The Morgan fingerprint density at radius 1 is 1.14 bits per heavy atom. The molecule has 0 spiro atoms. The van der Waals surface area contributed by atoms with E-state index in [1.165, 1.54) is 29.7 Å². The quantitative estimate of drug-likeness (QED) is 0.632. The van der Waals surface area contributed by atoms with E-state index >= 15 is 0 Å². The summed E-state index contributed by atoms with van der Waals surface area (Å²) in [6.45, 7) is 0.456. The third kappa shape index (κ3) is 3.60. The Labute approximate surface area is 175 Å². The number of halogens is 2. The van der Waals surface area contributed by atoms with Crippen LogP contribution in [0.15, 0.2) is 52.9 Å². The maximum absolute atomic E-state index is 12.9. The van der Waals surface area contributed by atoms with Crippen molar-refractivity contribution in [3.8, 4) is 0 Å². The van der Waals surface area contributed by atoms with Gasteiger partial charge in [-0.1, -0.05) is 23.2 Å². The molecule has 144 valence electrons. The molecule has 0 unspecified atom stereocenters. The highest BCUT2D eigenvalue weighted by atomic mass is 35.5. The number of fused-ring (bicyclic) bond motifs is 1. The number of sulfonamides is 1. The molecule has 0 bridgehead atoms. The van der Waals surface area contributed by atoms with E-state index in [0.29, 0.717) is 39.4 Å². The maximum Gasteiger partial charge on any atom is 0.263 e. The van der Waals surface area contributed by atoms with Crippen LogP contribution >= 0.6 is 34.5 Å². The van der Waals surface area contributed by atoms with Gasteiger partial charge in [-0.15, -0.1) is 11.3 Å². The van der Waals surface area contributed by atoms with E-state index in [1.54, 1.807) is 34.5 Å². The normalized spacial score (nSPS) is 13.4. The SMILES string of the molecule is O=C(c1ccc(Cl)c(Cl)c1)N1CCc2cc(S(=O)(=O)Nc3nccs3)ccc21. The lowest BCUT2D eigenvalue weighted by Gasteiger charge is -2.18. The molecule has 1 N–H and O–H groups in total. The fourth-order valence-electron chi connectivity index (χ4n) is 2.99. The second-order valence-corrected chi connectivity index (χ2v) is 9.46. The number of nitrogens with one attached hydrogen (secondary N) is 1. The van der Waals surface area contributed by atoms with Crippen LogP contribution in [0.5, 0.6) is 0 Å². The zero-order valence-electron chi connectivity index (χ0n) is 14.2. The van der Waals surface area contributed by atoms with E-state index in [0.717, 1.165) is 5.56 Å². The second kappa shape index (κ2) is 7.36. The zero-order chi connectivity index (χ0) is 19.9. The van der Waals surface area contributed by atoms with Gasteiger partial charge in [0.15, 0.2) is 5.13 Å². The van der Waals surface area contributed by atoms with Crippen molar-refractivity contribution in [2.24, 2.45) is 0 Å². The van der Waals surface area contributed by atoms with Crippen molar-refractivity contribution in [3.63, 3.8) is 0 Å². The predicted molar refractivity (Wildman–Crippen MR) is 111 cm³/mol. The Hall–Kier alpha value is -2.13. The molecule has 0 atom stereocenters. The number of amides is 1. The van der Waals surface area contributed by atoms with Crippen molar-refractivity contribution in [1.82, 2.24) is 4.98 Å². The van der Waals surface area contributed by atoms with Gasteiger partial charge in [0.05, 0.1) is 14.9 Å². The molecule has 28 heavy (non-hydrogen) atoms. The molecule has 0 radical (unpaired) electrons. The van der Waals surface area contributed by atoms with Gasteiger partial charge in [-0.25, -0.2) is 13.4 Å². The van der Waals surface area contributed by atoms with Gasteiger partial charge in [-0.2, -0.15) is 0 Å². The summed E-state index contributed by atoms with van der Waals surface area (Å²) in [5.74, 6) is -0.214. The van der Waals surface area contributed by atoms with Crippen LogP contribution in [0.25, 0.3) is 0 Å². The summed E-state index contributed by atoms with van der Waals surface area (Å²) in [7, 11) is -3.74. The summed E-state index contributed by atoms with van der Waals surface area (Å²) < 4.78 is 27.6. The minimum atomic E-state index is -3.74. The van der Waals surface area contributed by atoms with Crippen molar-refractivity contribution in [3.05, 3.63) is 69.1 Å². The van der Waals surface area contributed by atoms with E-state index in [-0.39, 0.29) is 10.8 Å². The average molecular weight is 454 g/mol. The smallest absolute Gasteiger partial charge is 0.263 e. The largest absolute Gasteiger partial charge is 0.308 e. The number of carbonyl (C=O) groups is 1. The lowest BCUT2D eigenvalue weighted by molar-refractivity contribution is 0.0989. The Bertz CT molecular complexity index is 1160. The van der Waals surface area contributed by atoms with Gasteiger partial charge in [-0.05, 0) is 48.4 Å². The summed E-state index contributed by atoms with van der Waals surface area (Å²) in [4.78, 5) is 18.5. The van der Waals surface area contributed by atoms with Crippen molar-refractivity contribution < 1.29 is 13.2 Å². The molecule has 3 aromatic rings. The van der Waals surface area contributed by atoms with Gasteiger partial charge in [0.1, 0.15) is 0 Å². The van der Waals surface area contributed by atoms with E-state index in [9.17, 15) is 13.2 Å². The molecule has 1 aromatic heterocycles. The predicted octanol–water partition coefficient (Wildman–Crippen LogP) is 4.45. The van der Waals surface area contributed by atoms with Gasteiger partial charge in [0.25, 0.3) is 15.9 Å². The molecule has 0 aliphatic carbocycles. The maximum atomic E-state index is 12.9. The number of hydrogen-bond acceptors (Lipinski definition) is 5. The first-order chi connectivity index (χ1) is 13.3. The molecule has 2 aromatic carbocycles. The molecule has 0 fully saturated rings. The van der Waals surface area contributed by atoms with Gasteiger partial charge in [0, 0.05) is 29.4 Å². The number of carbonyl (C=O) groups excluding carboxylic acids is 1. The van der Waals surface area contributed by atoms with E-state index < -0.39 is 10.0 Å². The molecule has 0 saturated carbocycles. The van der Waals surface area contributed by atoms with E-state index in [1.807, 2.05) is 0 Å². The first-order valence-electron chi connectivity index (χ1n) is 8.17. The number of rotatable bonds is 4. The number of anilines is 2. The van der Waals surface area contributed by atoms with E-state index in [2.05, 4.69) is 9.71 Å². The van der Waals surface area contributed by atoms with Crippen LogP contribution < -0.4 is 9.62 Å². The minimum absolute atomic E-state index is 0.130. The van der Waals surface area contributed by atoms with Crippen LogP contribution in [0.3, 0.4) is 0 Å². The highest BCUT2D eigenvalue weighted by molar-refractivity contribution is 7.93.